The first-order valence-corrected chi connectivity index (χ1v) is 9.07. The first kappa shape index (κ1) is 19.4. The maximum atomic E-state index is 12.6. The molecule has 0 aromatic heterocycles. The van der Waals surface area contributed by atoms with Crippen LogP contribution in [-0.2, 0) is 20.9 Å². The highest BCUT2D eigenvalue weighted by Crippen LogP contribution is 2.32. The number of hydrogen-bond donors (Lipinski definition) is 2. The summed E-state index contributed by atoms with van der Waals surface area (Å²) in [5.41, 5.74) is 1.67. The minimum absolute atomic E-state index is 0.127. The molecule has 142 valence electrons. The molecule has 2 atom stereocenters. The Morgan fingerprint density at radius 2 is 2.00 bits per heavy atom. The lowest BCUT2D eigenvalue weighted by Gasteiger charge is -2.40. The highest BCUT2D eigenvalue weighted by molar-refractivity contribution is 6.30. The van der Waals surface area contributed by atoms with Crippen LogP contribution in [0.25, 0.3) is 0 Å². The molecule has 6 nitrogen and oxygen atoms in total. The second kappa shape index (κ2) is 8.99. The molecule has 0 radical (unpaired) electrons. The van der Waals surface area contributed by atoms with Crippen molar-refractivity contribution < 1.29 is 19.4 Å². The van der Waals surface area contributed by atoms with E-state index in [4.69, 9.17) is 21.4 Å². The third-order valence-corrected chi connectivity index (χ3v) is 4.62. The van der Waals surface area contributed by atoms with Crippen molar-refractivity contribution in [2.24, 2.45) is 0 Å². The second-order valence-electron chi connectivity index (χ2n) is 6.25. The van der Waals surface area contributed by atoms with E-state index in [1.165, 1.54) is 0 Å². The predicted molar refractivity (Wildman–Crippen MR) is 101 cm³/mol. The summed E-state index contributed by atoms with van der Waals surface area (Å²) in [5, 5.41) is 12.2. The molecule has 0 aliphatic carbocycles. The van der Waals surface area contributed by atoms with Crippen molar-refractivity contribution >= 4 is 23.4 Å². The Morgan fingerprint density at radius 1 is 1.22 bits per heavy atom. The number of ether oxygens (including phenoxy) is 1. The first-order chi connectivity index (χ1) is 13.1. The molecule has 7 heteroatoms. The Labute approximate surface area is 162 Å². The van der Waals surface area contributed by atoms with Gasteiger partial charge in [-0.15, -0.1) is 0 Å². The van der Waals surface area contributed by atoms with Gasteiger partial charge in [-0.05, 0) is 23.3 Å². The number of morpholine rings is 1. The van der Waals surface area contributed by atoms with Gasteiger partial charge in [0.15, 0.2) is 6.10 Å². The average Bonchev–Trinajstić information content (AvgIpc) is 2.68. The topological polar surface area (TPSA) is 78.9 Å². The molecule has 2 N–H and O–H groups in total. The molecular weight excluding hydrogens is 368 g/mol. The molecular formula is C20H21ClN2O4. The van der Waals surface area contributed by atoms with Gasteiger partial charge in [0.1, 0.15) is 6.61 Å². The molecule has 0 saturated carbocycles. The molecule has 0 unspecified atom stereocenters. The lowest BCUT2D eigenvalue weighted by Crippen LogP contribution is -2.54. The Bertz CT molecular complexity index is 800. The molecule has 27 heavy (non-hydrogen) atoms. The number of nitrogens with zero attached hydrogens (tertiary/aromatic N) is 1. The SMILES string of the molecule is O=C(NCCO)[C@@H]1OCC(=O)N(Cc2cccc(Cl)c2)[C@@H]1c1ccccc1. The van der Waals surface area contributed by atoms with Crippen LogP contribution in [0.3, 0.4) is 0 Å². The Morgan fingerprint density at radius 3 is 2.70 bits per heavy atom. The summed E-state index contributed by atoms with van der Waals surface area (Å²) in [6.07, 6.45) is -0.865. The van der Waals surface area contributed by atoms with Crippen molar-refractivity contribution in [3.05, 3.63) is 70.7 Å². The number of rotatable bonds is 6. The third kappa shape index (κ3) is 4.66. The van der Waals surface area contributed by atoms with Gasteiger partial charge >= 0.3 is 0 Å². The molecule has 0 bridgehead atoms. The van der Waals surface area contributed by atoms with Crippen LogP contribution >= 0.6 is 11.6 Å². The fraction of sp³-hybridized carbons (Fsp3) is 0.300. The lowest BCUT2D eigenvalue weighted by molar-refractivity contribution is -0.165. The summed E-state index contributed by atoms with van der Waals surface area (Å²) in [6, 6.07) is 16.0. The molecule has 1 aliphatic rings. The van der Waals surface area contributed by atoms with Crippen LogP contribution in [0.4, 0.5) is 0 Å². The second-order valence-corrected chi connectivity index (χ2v) is 6.69. The summed E-state index contributed by atoms with van der Waals surface area (Å²) in [5.74, 6) is -0.559. The zero-order chi connectivity index (χ0) is 19.2. The lowest BCUT2D eigenvalue weighted by atomic mass is 9.96. The quantitative estimate of drug-likeness (QED) is 0.792. The van der Waals surface area contributed by atoms with Crippen molar-refractivity contribution in [3.63, 3.8) is 0 Å². The van der Waals surface area contributed by atoms with Gasteiger partial charge < -0.3 is 20.1 Å². The van der Waals surface area contributed by atoms with Crippen molar-refractivity contribution in [1.82, 2.24) is 10.2 Å². The van der Waals surface area contributed by atoms with Crippen molar-refractivity contribution in [3.8, 4) is 0 Å². The molecule has 0 spiro atoms. The Kier molecular flexibility index (Phi) is 6.45. The maximum Gasteiger partial charge on any atom is 0.251 e. The van der Waals surface area contributed by atoms with E-state index in [0.29, 0.717) is 11.6 Å². The molecule has 1 fully saturated rings. The Balaban J connectivity index is 1.94. The summed E-state index contributed by atoms with van der Waals surface area (Å²) in [7, 11) is 0. The smallest absolute Gasteiger partial charge is 0.251 e. The molecule has 1 saturated heterocycles. The largest absolute Gasteiger partial charge is 0.395 e. The number of halogens is 1. The Hall–Kier alpha value is -2.41. The normalized spacial score (nSPS) is 19.8. The zero-order valence-electron chi connectivity index (χ0n) is 14.7. The summed E-state index contributed by atoms with van der Waals surface area (Å²) >= 11 is 6.07. The van der Waals surface area contributed by atoms with Gasteiger partial charge in [-0.1, -0.05) is 54.1 Å². The number of nitrogens with one attached hydrogen (secondary N) is 1. The van der Waals surface area contributed by atoms with Crippen LogP contribution < -0.4 is 5.32 Å². The number of benzene rings is 2. The van der Waals surface area contributed by atoms with Gasteiger partial charge in [0.25, 0.3) is 5.91 Å². The molecule has 3 rings (SSSR count). The van der Waals surface area contributed by atoms with Crippen LogP contribution in [0.2, 0.25) is 5.02 Å². The van der Waals surface area contributed by atoms with Gasteiger partial charge in [-0.25, -0.2) is 0 Å². The standard InChI is InChI=1S/C20H21ClN2O4/c21-16-8-4-5-14(11-16)12-23-17(25)13-27-19(20(26)22-9-10-24)18(23)15-6-2-1-3-7-15/h1-8,11,18-19,24H,9-10,12-13H2,(H,22,26)/t18-,19-/m1/s1. The van der Waals surface area contributed by atoms with Crippen LogP contribution in [0.1, 0.15) is 17.2 Å². The van der Waals surface area contributed by atoms with Crippen LogP contribution in [0, 0.1) is 0 Å². The van der Waals surface area contributed by atoms with E-state index in [2.05, 4.69) is 5.32 Å². The zero-order valence-corrected chi connectivity index (χ0v) is 15.4. The van der Waals surface area contributed by atoms with Crippen LogP contribution in [0.5, 0.6) is 0 Å². The number of carbonyl (C=O) groups excluding carboxylic acids is 2. The van der Waals surface area contributed by atoms with Gasteiger partial charge in [-0.3, -0.25) is 9.59 Å². The molecule has 2 aromatic rings. The molecule has 2 aromatic carbocycles. The van der Waals surface area contributed by atoms with E-state index in [9.17, 15) is 9.59 Å². The van der Waals surface area contributed by atoms with Crippen molar-refractivity contribution in [1.29, 1.82) is 0 Å². The third-order valence-electron chi connectivity index (χ3n) is 4.38. The number of hydrogen-bond acceptors (Lipinski definition) is 4. The van der Waals surface area contributed by atoms with Gasteiger partial charge in [0.2, 0.25) is 5.91 Å². The summed E-state index contributed by atoms with van der Waals surface area (Å²) in [6.45, 7) is 0.0925. The van der Waals surface area contributed by atoms with E-state index in [-0.39, 0.29) is 31.6 Å². The van der Waals surface area contributed by atoms with E-state index < -0.39 is 12.1 Å². The average molecular weight is 389 g/mol. The van der Waals surface area contributed by atoms with E-state index in [0.717, 1.165) is 11.1 Å². The van der Waals surface area contributed by atoms with E-state index >= 15 is 0 Å². The van der Waals surface area contributed by atoms with Gasteiger partial charge in [0.05, 0.1) is 12.6 Å². The highest BCUT2D eigenvalue weighted by Gasteiger charge is 2.41. The maximum absolute atomic E-state index is 12.6. The van der Waals surface area contributed by atoms with E-state index in [1.807, 2.05) is 42.5 Å². The molecule has 1 aliphatic heterocycles. The number of carbonyl (C=O) groups is 2. The minimum Gasteiger partial charge on any atom is -0.395 e. The number of aliphatic hydroxyl groups is 1. The fourth-order valence-corrected chi connectivity index (χ4v) is 3.39. The summed E-state index contributed by atoms with van der Waals surface area (Å²) < 4.78 is 5.60. The first-order valence-electron chi connectivity index (χ1n) is 8.69. The minimum atomic E-state index is -0.865. The number of amides is 2. The monoisotopic (exact) mass is 388 g/mol. The van der Waals surface area contributed by atoms with E-state index in [1.54, 1.807) is 17.0 Å². The van der Waals surface area contributed by atoms with Crippen molar-refractivity contribution in [2.45, 2.75) is 18.7 Å². The van der Waals surface area contributed by atoms with Crippen LogP contribution in [-0.4, -0.2) is 47.7 Å². The molecule has 1 heterocycles. The number of aliphatic hydroxyl groups excluding tert-OH is 1. The van der Waals surface area contributed by atoms with Gasteiger partial charge in [-0.2, -0.15) is 0 Å². The summed E-state index contributed by atoms with van der Waals surface area (Å²) in [4.78, 5) is 26.9. The highest BCUT2D eigenvalue weighted by atomic mass is 35.5. The van der Waals surface area contributed by atoms with Crippen molar-refractivity contribution in [2.75, 3.05) is 19.8 Å². The molecule has 2 amide bonds. The van der Waals surface area contributed by atoms with Gasteiger partial charge in [0, 0.05) is 18.1 Å². The predicted octanol–water partition coefficient (Wildman–Crippen LogP) is 1.92. The van der Waals surface area contributed by atoms with Crippen LogP contribution in [0.15, 0.2) is 54.6 Å². The fourth-order valence-electron chi connectivity index (χ4n) is 3.18.